The number of nitrogens with zero attached hydrogens (tertiary/aromatic N) is 3. The molecule has 26 heavy (non-hydrogen) atoms. The second-order valence-electron chi connectivity index (χ2n) is 7.04. The predicted molar refractivity (Wildman–Crippen MR) is 96.4 cm³/mol. The van der Waals surface area contributed by atoms with Gasteiger partial charge in [-0.15, -0.1) is 0 Å². The molecule has 2 aliphatic heterocycles. The Kier molecular flexibility index (Phi) is 5.76. The normalized spacial score (nSPS) is 22.0. The summed E-state index contributed by atoms with van der Waals surface area (Å²) in [6.45, 7) is 5.55. The van der Waals surface area contributed by atoms with Crippen molar-refractivity contribution >= 4 is 17.5 Å². The SMILES string of the molecule is COC[C@H](C)N1C[C@H](C(=O)N2CCN(c3ccc(F)cc3)CC2)CC1=O. The monoisotopic (exact) mass is 363 g/mol. The zero-order chi connectivity index (χ0) is 18.7. The minimum absolute atomic E-state index is 0.0133. The number of methoxy groups -OCH3 is 1. The molecule has 0 radical (unpaired) electrons. The summed E-state index contributed by atoms with van der Waals surface area (Å²) in [4.78, 5) is 30.8. The van der Waals surface area contributed by atoms with E-state index in [0.717, 1.165) is 5.69 Å². The van der Waals surface area contributed by atoms with Gasteiger partial charge in [-0.3, -0.25) is 9.59 Å². The Hall–Kier alpha value is -2.15. The molecule has 2 fully saturated rings. The van der Waals surface area contributed by atoms with Crippen LogP contribution in [0.5, 0.6) is 0 Å². The summed E-state index contributed by atoms with van der Waals surface area (Å²) in [5.74, 6) is -0.429. The van der Waals surface area contributed by atoms with Crippen molar-refractivity contribution in [3.05, 3.63) is 30.1 Å². The number of anilines is 1. The van der Waals surface area contributed by atoms with Gasteiger partial charge < -0.3 is 19.4 Å². The Bertz CT molecular complexity index is 644. The molecule has 2 atom stereocenters. The fourth-order valence-corrected chi connectivity index (χ4v) is 3.75. The van der Waals surface area contributed by atoms with Crippen LogP contribution in [0.3, 0.4) is 0 Å². The lowest BCUT2D eigenvalue weighted by atomic mass is 10.1. The molecular weight excluding hydrogens is 337 g/mol. The highest BCUT2D eigenvalue weighted by molar-refractivity contribution is 5.89. The van der Waals surface area contributed by atoms with Gasteiger partial charge in [-0.1, -0.05) is 0 Å². The number of amides is 2. The standard InChI is InChI=1S/C19H26FN3O3/c1-14(13-26-2)23-12-15(11-18(23)24)19(25)22-9-7-21(8-10-22)17-5-3-16(20)4-6-17/h3-6,14-15H,7-13H2,1-2H3/t14-,15+/m0/s1. The first-order valence-corrected chi connectivity index (χ1v) is 9.07. The van der Waals surface area contributed by atoms with Gasteiger partial charge in [0.2, 0.25) is 11.8 Å². The summed E-state index contributed by atoms with van der Waals surface area (Å²) in [6, 6.07) is 6.41. The number of hydrogen-bond acceptors (Lipinski definition) is 4. The largest absolute Gasteiger partial charge is 0.383 e. The number of ether oxygens (including phenoxy) is 1. The molecule has 3 rings (SSSR count). The predicted octanol–water partition coefficient (Wildman–Crippen LogP) is 1.36. The first kappa shape index (κ1) is 18.6. The number of benzene rings is 1. The van der Waals surface area contributed by atoms with E-state index in [1.54, 1.807) is 24.1 Å². The van der Waals surface area contributed by atoms with E-state index >= 15 is 0 Å². The lowest BCUT2D eigenvalue weighted by Crippen LogP contribution is -2.50. The van der Waals surface area contributed by atoms with Crippen molar-refractivity contribution in [2.45, 2.75) is 19.4 Å². The van der Waals surface area contributed by atoms with Crippen LogP contribution in [0.15, 0.2) is 24.3 Å². The molecule has 142 valence electrons. The number of carbonyl (C=O) groups is 2. The molecule has 0 saturated carbocycles. The van der Waals surface area contributed by atoms with E-state index in [1.807, 2.05) is 11.8 Å². The average molecular weight is 363 g/mol. The highest BCUT2D eigenvalue weighted by Crippen LogP contribution is 2.24. The van der Waals surface area contributed by atoms with Crippen LogP contribution in [0.4, 0.5) is 10.1 Å². The number of hydrogen-bond donors (Lipinski definition) is 0. The van der Waals surface area contributed by atoms with Crippen molar-refractivity contribution in [3.63, 3.8) is 0 Å². The van der Waals surface area contributed by atoms with Crippen LogP contribution < -0.4 is 4.90 Å². The highest BCUT2D eigenvalue weighted by Gasteiger charge is 2.39. The van der Waals surface area contributed by atoms with Crippen molar-refractivity contribution in [1.29, 1.82) is 0 Å². The molecule has 1 aromatic rings. The lowest BCUT2D eigenvalue weighted by Gasteiger charge is -2.37. The van der Waals surface area contributed by atoms with E-state index in [0.29, 0.717) is 39.3 Å². The van der Waals surface area contributed by atoms with Gasteiger partial charge in [0.05, 0.1) is 18.6 Å². The number of piperazine rings is 1. The van der Waals surface area contributed by atoms with E-state index in [2.05, 4.69) is 4.90 Å². The fraction of sp³-hybridized carbons (Fsp3) is 0.579. The van der Waals surface area contributed by atoms with Crippen molar-refractivity contribution in [2.75, 3.05) is 51.3 Å². The van der Waals surface area contributed by atoms with E-state index in [9.17, 15) is 14.0 Å². The number of likely N-dealkylation sites (tertiary alicyclic amines) is 1. The van der Waals surface area contributed by atoms with Crippen molar-refractivity contribution < 1.29 is 18.7 Å². The maximum Gasteiger partial charge on any atom is 0.228 e. The first-order valence-electron chi connectivity index (χ1n) is 9.07. The van der Waals surface area contributed by atoms with E-state index in [4.69, 9.17) is 4.74 Å². The van der Waals surface area contributed by atoms with Gasteiger partial charge in [0.25, 0.3) is 0 Å². The molecule has 2 saturated heterocycles. The molecule has 0 unspecified atom stereocenters. The topological polar surface area (TPSA) is 53.1 Å². The summed E-state index contributed by atoms with van der Waals surface area (Å²) in [5.41, 5.74) is 0.967. The molecule has 0 spiro atoms. The van der Waals surface area contributed by atoms with Crippen LogP contribution >= 0.6 is 0 Å². The Labute approximate surface area is 153 Å². The van der Waals surface area contributed by atoms with Crippen LogP contribution in [0.25, 0.3) is 0 Å². The number of rotatable bonds is 5. The molecule has 6 nitrogen and oxygen atoms in total. The summed E-state index contributed by atoms with van der Waals surface area (Å²) in [5, 5.41) is 0. The zero-order valence-corrected chi connectivity index (χ0v) is 15.4. The Morgan fingerprint density at radius 2 is 1.88 bits per heavy atom. The van der Waals surface area contributed by atoms with Crippen LogP contribution in [-0.4, -0.2) is 74.1 Å². The minimum atomic E-state index is -0.265. The minimum Gasteiger partial charge on any atom is -0.383 e. The fourth-order valence-electron chi connectivity index (χ4n) is 3.75. The molecule has 2 heterocycles. The first-order chi connectivity index (χ1) is 12.5. The molecule has 2 amide bonds. The summed E-state index contributed by atoms with van der Waals surface area (Å²) in [6.07, 6.45) is 0.283. The molecule has 0 aromatic heterocycles. The van der Waals surface area contributed by atoms with E-state index < -0.39 is 0 Å². The molecule has 0 bridgehead atoms. The van der Waals surface area contributed by atoms with Gasteiger partial charge in [-0.2, -0.15) is 0 Å². The van der Waals surface area contributed by atoms with E-state index in [1.165, 1.54) is 12.1 Å². The lowest BCUT2D eigenvalue weighted by molar-refractivity contribution is -0.136. The van der Waals surface area contributed by atoms with Gasteiger partial charge in [0.15, 0.2) is 0 Å². The third-order valence-corrected chi connectivity index (χ3v) is 5.23. The Balaban J connectivity index is 1.54. The van der Waals surface area contributed by atoms with Crippen molar-refractivity contribution in [2.24, 2.45) is 5.92 Å². The Morgan fingerprint density at radius 1 is 1.23 bits per heavy atom. The zero-order valence-electron chi connectivity index (χ0n) is 15.4. The number of halogens is 1. The van der Waals surface area contributed by atoms with Gasteiger partial charge in [0.1, 0.15) is 5.82 Å². The molecular formula is C19H26FN3O3. The summed E-state index contributed by atoms with van der Waals surface area (Å²) in [7, 11) is 1.61. The maximum atomic E-state index is 13.1. The van der Waals surface area contributed by atoms with Crippen molar-refractivity contribution in [1.82, 2.24) is 9.80 Å². The Morgan fingerprint density at radius 3 is 2.50 bits per heavy atom. The van der Waals surface area contributed by atoms with Gasteiger partial charge in [0, 0.05) is 51.9 Å². The highest BCUT2D eigenvalue weighted by atomic mass is 19.1. The number of carbonyl (C=O) groups excluding carboxylic acids is 2. The third kappa shape index (κ3) is 3.98. The molecule has 0 N–H and O–H groups in total. The molecule has 1 aromatic carbocycles. The average Bonchev–Trinajstić information content (AvgIpc) is 3.04. The third-order valence-electron chi connectivity index (χ3n) is 5.23. The maximum absolute atomic E-state index is 13.1. The van der Waals surface area contributed by atoms with Crippen LogP contribution in [0.1, 0.15) is 13.3 Å². The van der Waals surface area contributed by atoms with Gasteiger partial charge in [-0.25, -0.2) is 4.39 Å². The van der Waals surface area contributed by atoms with Crippen LogP contribution in [0, 0.1) is 11.7 Å². The summed E-state index contributed by atoms with van der Waals surface area (Å²) >= 11 is 0. The molecule has 0 aliphatic carbocycles. The van der Waals surface area contributed by atoms with Gasteiger partial charge >= 0.3 is 0 Å². The smallest absolute Gasteiger partial charge is 0.228 e. The van der Waals surface area contributed by atoms with Crippen molar-refractivity contribution in [3.8, 4) is 0 Å². The van der Waals surface area contributed by atoms with Crippen LogP contribution in [-0.2, 0) is 14.3 Å². The molecule has 7 heteroatoms. The van der Waals surface area contributed by atoms with Crippen LogP contribution in [0.2, 0.25) is 0 Å². The quantitative estimate of drug-likeness (QED) is 0.793. The second kappa shape index (κ2) is 8.03. The summed E-state index contributed by atoms with van der Waals surface area (Å²) < 4.78 is 18.2. The van der Waals surface area contributed by atoms with Gasteiger partial charge in [-0.05, 0) is 31.2 Å². The second-order valence-corrected chi connectivity index (χ2v) is 7.04. The molecule has 2 aliphatic rings. The van der Waals surface area contributed by atoms with E-state index in [-0.39, 0.29) is 36.0 Å².